The van der Waals surface area contributed by atoms with Crippen molar-refractivity contribution in [2.24, 2.45) is 23.7 Å². The molecule has 0 saturated carbocycles. The molecular weight excluding hydrogens is 955 g/mol. The van der Waals surface area contributed by atoms with Gasteiger partial charge >= 0.3 is 0 Å². The Morgan fingerprint density at radius 2 is 1.38 bits per heavy atom. The highest BCUT2D eigenvalue weighted by atomic mass is 32.2. The van der Waals surface area contributed by atoms with Crippen LogP contribution in [0.5, 0.6) is 0 Å². The van der Waals surface area contributed by atoms with Crippen LogP contribution in [0.15, 0.2) is 41.3 Å². The summed E-state index contributed by atoms with van der Waals surface area (Å²) in [5, 5.41) is 5.69. The molecule has 1 fully saturated rings. The van der Waals surface area contributed by atoms with E-state index in [0.29, 0.717) is 31.5 Å². The number of ether oxygens (including phenoxy) is 5. The molecule has 1 saturated heterocycles. The van der Waals surface area contributed by atoms with Crippen LogP contribution < -0.4 is 15.4 Å². The number of likely N-dealkylation sites (N-methyl/N-ethyl adjacent to an activating group) is 2. The van der Waals surface area contributed by atoms with Crippen LogP contribution in [-0.2, 0) is 67.3 Å². The first kappa shape index (κ1) is 61.5. The number of nitrogens with one attached hydrogen (secondary N) is 3. The lowest BCUT2D eigenvalue weighted by molar-refractivity contribution is -0.148. The molecule has 0 aromatic heterocycles. The van der Waals surface area contributed by atoms with E-state index >= 15 is 0 Å². The quantitative estimate of drug-likeness (QED) is 0.0693. The second kappa shape index (κ2) is 29.8. The Kier molecular flexibility index (Phi) is 25.4. The number of benzene rings is 1. The summed E-state index contributed by atoms with van der Waals surface area (Å²) in [7, 11) is 3.89. The highest BCUT2D eigenvalue weighted by Gasteiger charge is 2.43. The van der Waals surface area contributed by atoms with Crippen molar-refractivity contribution in [3.05, 3.63) is 36.4 Å². The molecule has 1 aromatic carbocycles. The minimum absolute atomic E-state index is 0.00183. The summed E-state index contributed by atoms with van der Waals surface area (Å²) in [6, 6.07) is 2.94. The zero-order chi connectivity index (χ0) is 53.9. The SMILES string of the molecule is CC[C@H](C)[C@@H]([C@H](CC(=O)N1CCC[C@H]1[C@H](OC)[C@@H](C)C(=O)NS(=O)(=O)c1ccc(NC(=O)CCOCCOCCOCCN2C(=O)C=CC2=O)cc1)OC)N(C)C(=O)[C@@H](NC(=O)[C@H](C(C)C)N(C)C)C(C)C. The van der Waals surface area contributed by atoms with Crippen molar-refractivity contribution in [3.8, 4) is 0 Å². The maximum atomic E-state index is 14.3. The second-order valence-corrected chi connectivity index (χ2v) is 20.9. The van der Waals surface area contributed by atoms with E-state index in [-0.39, 0.29) is 117 Å². The van der Waals surface area contributed by atoms with E-state index in [1.807, 2.05) is 60.5 Å². The molecule has 0 spiro atoms. The number of likely N-dealkylation sites (tertiary alicyclic amines) is 1. The van der Waals surface area contributed by atoms with Gasteiger partial charge in [0.25, 0.3) is 21.8 Å². The standard InChI is InChI=1S/C50H81N7O14S/c1-13-34(6)46(55(10)50(64)44(32(2)3)52-49(63)45(33(4)5)54(8)9)39(67-11)31-43(61)56-23-14-15-38(56)47(68-12)35(7)48(62)53-72(65,66)37-18-16-36(17-19-37)51-40(58)22-25-69-27-29-71-30-28-70-26-24-57-41(59)20-21-42(57)60/h16-21,32-35,38-39,44-47H,13-15,22-31H2,1-12H3,(H,51,58)(H,52,63)(H,53,62)/t34-,35+,38-,39-,44-,45-,46-,47+/m0/s1. The number of sulfonamides is 1. The molecule has 21 nitrogen and oxygen atoms in total. The zero-order valence-electron chi connectivity index (χ0n) is 44.3. The molecule has 8 atom stereocenters. The molecule has 0 bridgehead atoms. The normalized spacial score (nSPS) is 18.0. The minimum atomic E-state index is -4.36. The zero-order valence-corrected chi connectivity index (χ0v) is 45.2. The van der Waals surface area contributed by atoms with Crippen molar-refractivity contribution in [2.45, 2.75) is 122 Å². The first-order chi connectivity index (χ1) is 34.0. The number of methoxy groups -OCH3 is 2. The Labute approximate surface area is 426 Å². The van der Waals surface area contributed by atoms with Crippen LogP contribution in [0, 0.1) is 23.7 Å². The molecule has 72 heavy (non-hydrogen) atoms. The van der Waals surface area contributed by atoms with Gasteiger partial charge in [-0.25, -0.2) is 13.1 Å². The number of anilines is 1. The molecule has 0 aliphatic carbocycles. The van der Waals surface area contributed by atoms with Crippen LogP contribution in [-0.4, -0.2) is 194 Å². The van der Waals surface area contributed by atoms with E-state index in [1.165, 1.54) is 50.6 Å². The third-order valence-electron chi connectivity index (χ3n) is 13.2. The van der Waals surface area contributed by atoms with Gasteiger partial charge in [-0.3, -0.25) is 43.4 Å². The van der Waals surface area contributed by atoms with Crippen molar-refractivity contribution < 1.29 is 65.7 Å². The van der Waals surface area contributed by atoms with E-state index in [1.54, 1.807) is 23.8 Å². The Morgan fingerprint density at radius 1 is 0.792 bits per heavy atom. The summed E-state index contributed by atoms with van der Waals surface area (Å²) in [5.41, 5.74) is 0.329. The predicted octanol–water partition coefficient (Wildman–Crippen LogP) is 2.44. The third-order valence-corrected chi connectivity index (χ3v) is 14.6. The molecular formula is C50H81N7O14S. The van der Waals surface area contributed by atoms with Crippen LogP contribution in [0.25, 0.3) is 0 Å². The minimum Gasteiger partial charge on any atom is -0.379 e. The van der Waals surface area contributed by atoms with E-state index in [0.717, 1.165) is 4.90 Å². The van der Waals surface area contributed by atoms with Gasteiger partial charge in [0.1, 0.15) is 6.04 Å². The Hall–Kier alpha value is -4.84. The predicted molar refractivity (Wildman–Crippen MR) is 269 cm³/mol. The molecule has 2 aliphatic heterocycles. The van der Waals surface area contributed by atoms with Gasteiger partial charge in [-0.1, -0.05) is 54.9 Å². The van der Waals surface area contributed by atoms with Crippen LogP contribution in [0.3, 0.4) is 0 Å². The fourth-order valence-electron chi connectivity index (χ4n) is 9.15. The van der Waals surface area contributed by atoms with Crippen molar-refractivity contribution in [1.82, 2.24) is 29.6 Å². The van der Waals surface area contributed by atoms with Gasteiger partial charge < -0.3 is 44.1 Å². The van der Waals surface area contributed by atoms with Gasteiger partial charge in [0.2, 0.25) is 29.5 Å². The average molecular weight is 1040 g/mol. The summed E-state index contributed by atoms with van der Waals surface area (Å²) in [6.07, 6.45) is 2.54. The Balaban J connectivity index is 1.54. The van der Waals surface area contributed by atoms with Crippen molar-refractivity contribution in [1.29, 1.82) is 0 Å². The molecule has 406 valence electrons. The van der Waals surface area contributed by atoms with E-state index in [4.69, 9.17) is 23.7 Å². The Morgan fingerprint density at radius 3 is 1.90 bits per heavy atom. The molecule has 3 rings (SSSR count). The maximum Gasteiger partial charge on any atom is 0.264 e. The van der Waals surface area contributed by atoms with Crippen molar-refractivity contribution >= 4 is 57.1 Å². The fraction of sp³-hybridized carbons (Fsp3) is 0.700. The number of amides is 7. The lowest BCUT2D eigenvalue weighted by Gasteiger charge is -2.41. The fourth-order valence-corrected chi connectivity index (χ4v) is 10.2. The number of imide groups is 1. The number of hydrogen-bond acceptors (Lipinski definition) is 15. The van der Waals surface area contributed by atoms with Crippen LogP contribution in [0.4, 0.5) is 5.69 Å². The largest absolute Gasteiger partial charge is 0.379 e. The molecule has 0 unspecified atom stereocenters. The van der Waals surface area contributed by atoms with Crippen LogP contribution in [0.2, 0.25) is 0 Å². The summed E-state index contributed by atoms with van der Waals surface area (Å²) in [6.45, 7) is 15.0. The molecule has 0 radical (unpaired) electrons. The van der Waals surface area contributed by atoms with E-state index in [9.17, 15) is 42.0 Å². The lowest BCUT2D eigenvalue weighted by Crippen LogP contribution is -2.59. The second-order valence-electron chi connectivity index (χ2n) is 19.3. The van der Waals surface area contributed by atoms with E-state index < -0.39 is 58.2 Å². The van der Waals surface area contributed by atoms with Crippen molar-refractivity contribution in [3.63, 3.8) is 0 Å². The third kappa shape index (κ3) is 17.7. The molecule has 7 amide bonds. The number of nitrogens with zero attached hydrogens (tertiary/aromatic N) is 4. The summed E-state index contributed by atoms with van der Waals surface area (Å²) >= 11 is 0. The number of hydrogen-bond donors (Lipinski definition) is 3. The van der Waals surface area contributed by atoms with Crippen LogP contribution >= 0.6 is 0 Å². The van der Waals surface area contributed by atoms with Crippen LogP contribution in [0.1, 0.15) is 80.6 Å². The van der Waals surface area contributed by atoms with Gasteiger partial charge in [0.15, 0.2) is 0 Å². The Bertz CT molecular complexity index is 2080. The summed E-state index contributed by atoms with van der Waals surface area (Å²) in [5.74, 6) is -4.09. The molecule has 3 N–H and O–H groups in total. The maximum absolute atomic E-state index is 14.3. The van der Waals surface area contributed by atoms with Gasteiger partial charge in [-0.15, -0.1) is 0 Å². The lowest BCUT2D eigenvalue weighted by atomic mass is 9.89. The molecule has 2 aliphatic rings. The van der Waals surface area contributed by atoms with E-state index in [2.05, 4.69) is 15.4 Å². The highest BCUT2D eigenvalue weighted by Crippen LogP contribution is 2.30. The molecule has 2 heterocycles. The summed E-state index contributed by atoms with van der Waals surface area (Å²) < 4.78 is 57.1. The number of carbonyl (C=O) groups is 7. The van der Waals surface area contributed by atoms with Gasteiger partial charge in [0, 0.05) is 45.7 Å². The number of carbonyl (C=O) groups excluding carboxylic acids is 7. The smallest absolute Gasteiger partial charge is 0.264 e. The van der Waals surface area contributed by atoms with Gasteiger partial charge in [-0.2, -0.15) is 0 Å². The van der Waals surface area contributed by atoms with Gasteiger partial charge in [-0.05, 0) is 69.0 Å². The number of rotatable bonds is 32. The molecule has 1 aromatic rings. The topological polar surface area (TPSA) is 249 Å². The monoisotopic (exact) mass is 1040 g/mol. The van der Waals surface area contributed by atoms with Gasteiger partial charge in [0.05, 0.1) is 100 Å². The highest BCUT2D eigenvalue weighted by molar-refractivity contribution is 7.90. The first-order valence-corrected chi connectivity index (χ1v) is 26.3. The van der Waals surface area contributed by atoms with Crippen molar-refractivity contribution in [2.75, 3.05) is 93.4 Å². The summed E-state index contributed by atoms with van der Waals surface area (Å²) in [4.78, 5) is 97.3. The first-order valence-electron chi connectivity index (χ1n) is 24.8. The average Bonchev–Trinajstić information content (AvgIpc) is 3.94. The molecule has 22 heteroatoms.